The second-order valence-corrected chi connectivity index (χ2v) is 5.97. The molecule has 1 atom stereocenters. The molecule has 1 aliphatic rings. The van der Waals surface area contributed by atoms with Crippen LogP contribution in [-0.2, 0) is 9.53 Å². The number of hydrogen-bond donors (Lipinski definition) is 2. The molecule has 1 amide bonds. The summed E-state index contributed by atoms with van der Waals surface area (Å²) in [5.74, 6) is -0.419. The molecule has 0 spiro atoms. The molecule has 1 aliphatic heterocycles. The zero-order valence-corrected chi connectivity index (χ0v) is 15.3. The summed E-state index contributed by atoms with van der Waals surface area (Å²) in [6, 6.07) is 10.5. The van der Waals surface area contributed by atoms with E-state index in [1.807, 2.05) is 12.1 Å². The first-order chi connectivity index (χ1) is 13.0. The fourth-order valence-corrected chi connectivity index (χ4v) is 2.92. The lowest BCUT2D eigenvalue weighted by Gasteiger charge is -2.15. The lowest BCUT2D eigenvalue weighted by atomic mass is 10.0. The van der Waals surface area contributed by atoms with Gasteiger partial charge in [-0.1, -0.05) is 0 Å². The normalized spacial score (nSPS) is 16.3. The smallest absolute Gasteiger partial charge is 0.338 e. The summed E-state index contributed by atoms with van der Waals surface area (Å²) in [6.45, 7) is 3.37. The summed E-state index contributed by atoms with van der Waals surface area (Å²) in [7, 11) is 1.58. The van der Waals surface area contributed by atoms with Crippen LogP contribution in [0.2, 0.25) is 0 Å². The van der Waals surface area contributed by atoms with E-state index in [1.54, 1.807) is 45.2 Å². The number of aromatic nitrogens is 1. The van der Waals surface area contributed by atoms with Crippen LogP contribution in [0, 0.1) is 0 Å². The van der Waals surface area contributed by atoms with Gasteiger partial charge in [-0.2, -0.15) is 0 Å². The Morgan fingerprint density at radius 1 is 1.22 bits per heavy atom. The predicted molar refractivity (Wildman–Crippen MR) is 98.0 cm³/mol. The van der Waals surface area contributed by atoms with Crippen molar-refractivity contribution in [2.45, 2.75) is 20.0 Å². The van der Waals surface area contributed by atoms with Crippen molar-refractivity contribution in [3.8, 4) is 17.0 Å². The van der Waals surface area contributed by atoms with E-state index in [4.69, 9.17) is 9.47 Å². The molecule has 2 heterocycles. The fraction of sp³-hybridized carbons (Fsp3) is 0.250. The number of esters is 1. The maximum absolute atomic E-state index is 12.5. The number of rotatable bonds is 4. The van der Waals surface area contributed by atoms with Crippen LogP contribution in [0.25, 0.3) is 11.3 Å². The average Bonchev–Trinajstić information content (AvgIpc) is 2.76. The van der Waals surface area contributed by atoms with Crippen molar-refractivity contribution in [3.63, 3.8) is 0 Å². The fourth-order valence-electron chi connectivity index (χ4n) is 2.92. The van der Waals surface area contributed by atoms with Gasteiger partial charge in [-0.25, -0.2) is 9.78 Å². The zero-order chi connectivity index (χ0) is 19.6. The van der Waals surface area contributed by atoms with Crippen molar-refractivity contribution in [1.29, 1.82) is 0 Å². The van der Waals surface area contributed by atoms with E-state index in [0.29, 0.717) is 11.4 Å². The minimum absolute atomic E-state index is 0.0247. The van der Waals surface area contributed by atoms with Gasteiger partial charge in [-0.15, -0.1) is 0 Å². The Bertz CT molecular complexity index is 918. The molecule has 1 unspecified atom stereocenters. The Labute approximate surface area is 156 Å². The van der Waals surface area contributed by atoms with Crippen LogP contribution in [0.4, 0.5) is 0 Å². The van der Waals surface area contributed by atoms with Gasteiger partial charge in [-0.05, 0) is 50.2 Å². The molecule has 27 heavy (non-hydrogen) atoms. The lowest BCUT2D eigenvalue weighted by Crippen LogP contribution is -2.23. The Morgan fingerprint density at radius 3 is 2.56 bits per heavy atom. The summed E-state index contributed by atoms with van der Waals surface area (Å²) in [5, 5.41) is 13.4. The number of carbonyl (C=O) groups excluding carboxylic acids is 2. The number of aliphatic hydroxyl groups is 1. The first-order valence-electron chi connectivity index (χ1n) is 8.49. The lowest BCUT2D eigenvalue weighted by molar-refractivity contribution is -0.139. The molecular formula is C20H20N2O5. The number of methoxy groups -OCH3 is 1. The standard InChI is InChI=1S/C20H20N2O5/c1-4-27-20(25)16-11(2)21-19(24)14-9-10-15(22-17(14)18(16)23)12-5-7-13(26-3)8-6-12/h5-10,18,23H,4H2,1-3H3,(H,21,24). The molecule has 0 radical (unpaired) electrons. The van der Waals surface area contributed by atoms with E-state index in [9.17, 15) is 14.7 Å². The SMILES string of the molecule is CCOC(=O)C1=C(C)NC(=O)c2ccc(-c3ccc(OC)cc3)nc2C1O. The molecule has 0 saturated heterocycles. The van der Waals surface area contributed by atoms with Crippen molar-refractivity contribution in [3.05, 3.63) is 58.9 Å². The summed E-state index contributed by atoms with van der Waals surface area (Å²) in [4.78, 5) is 29.2. The van der Waals surface area contributed by atoms with E-state index in [0.717, 1.165) is 5.56 Å². The second kappa shape index (κ2) is 7.59. The largest absolute Gasteiger partial charge is 0.497 e. The van der Waals surface area contributed by atoms with Crippen LogP contribution in [0.15, 0.2) is 47.7 Å². The minimum Gasteiger partial charge on any atom is -0.497 e. The van der Waals surface area contributed by atoms with E-state index < -0.39 is 18.0 Å². The number of nitrogens with zero attached hydrogens (tertiary/aromatic N) is 1. The van der Waals surface area contributed by atoms with Crippen LogP contribution in [0.1, 0.15) is 36.0 Å². The van der Waals surface area contributed by atoms with Gasteiger partial charge >= 0.3 is 5.97 Å². The third-order valence-corrected chi connectivity index (χ3v) is 4.29. The van der Waals surface area contributed by atoms with Crippen LogP contribution < -0.4 is 10.1 Å². The molecule has 2 aromatic rings. The Morgan fingerprint density at radius 2 is 1.93 bits per heavy atom. The number of carbonyl (C=O) groups is 2. The second-order valence-electron chi connectivity index (χ2n) is 5.97. The number of pyridine rings is 1. The molecule has 7 nitrogen and oxygen atoms in total. The molecule has 1 aromatic carbocycles. The quantitative estimate of drug-likeness (QED) is 0.804. The van der Waals surface area contributed by atoms with Crippen molar-refractivity contribution in [2.24, 2.45) is 0 Å². The van der Waals surface area contributed by atoms with E-state index in [-0.39, 0.29) is 29.1 Å². The minimum atomic E-state index is -1.38. The highest BCUT2D eigenvalue weighted by atomic mass is 16.5. The number of aliphatic hydroxyl groups excluding tert-OH is 1. The Hall–Kier alpha value is -3.19. The van der Waals surface area contributed by atoms with Gasteiger partial charge in [0.15, 0.2) is 0 Å². The van der Waals surface area contributed by atoms with E-state index >= 15 is 0 Å². The number of benzene rings is 1. The van der Waals surface area contributed by atoms with Crippen LogP contribution in [0.3, 0.4) is 0 Å². The first-order valence-corrected chi connectivity index (χ1v) is 8.49. The number of fused-ring (bicyclic) bond motifs is 1. The highest BCUT2D eigenvalue weighted by Gasteiger charge is 2.33. The van der Waals surface area contributed by atoms with Gasteiger partial charge in [0.25, 0.3) is 5.91 Å². The van der Waals surface area contributed by atoms with Gasteiger partial charge in [0.05, 0.1) is 36.2 Å². The van der Waals surface area contributed by atoms with Crippen LogP contribution >= 0.6 is 0 Å². The summed E-state index contributed by atoms with van der Waals surface area (Å²) >= 11 is 0. The zero-order valence-electron chi connectivity index (χ0n) is 15.3. The van der Waals surface area contributed by atoms with E-state index in [2.05, 4.69) is 10.3 Å². The first kappa shape index (κ1) is 18.6. The summed E-state index contributed by atoms with van der Waals surface area (Å²) in [5.41, 5.74) is 1.89. The molecule has 1 aromatic heterocycles. The maximum atomic E-state index is 12.5. The molecule has 0 saturated carbocycles. The number of allylic oxidation sites excluding steroid dienone is 1. The van der Waals surface area contributed by atoms with Crippen molar-refractivity contribution in [2.75, 3.05) is 13.7 Å². The third kappa shape index (κ3) is 3.54. The van der Waals surface area contributed by atoms with Crippen LogP contribution in [0.5, 0.6) is 5.75 Å². The maximum Gasteiger partial charge on any atom is 0.338 e. The number of nitrogens with one attached hydrogen (secondary N) is 1. The molecule has 0 fully saturated rings. The van der Waals surface area contributed by atoms with Crippen molar-refractivity contribution in [1.82, 2.24) is 10.3 Å². The van der Waals surface area contributed by atoms with Crippen molar-refractivity contribution >= 4 is 11.9 Å². The Kier molecular flexibility index (Phi) is 5.23. The van der Waals surface area contributed by atoms with Gasteiger partial charge in [0.1, 0.15) is 11.9 Å². The highest BCUT2D eigenvalue weighted by Crippen LogP contribution is 2.31. The van der Waals surface area contributed by atoms with Gasteiger partial charge in [-0.3, -0.25) is 4.79 Å². The molecule has 3 rings (SSSR count). The monoisotopic (exact) mass is 368 g/mol. The number of hydrogen-bond acceptors (Lipinski definition) is 6. The van der Waals surface area contributed by atoms with Crippen LogP contribution in [-0.4, -0.2) is 35.7 Å². The molecular weight excluding hydrogens is 348 g/mol. The van der Waals surface area contributed by atoms with Gasteiger partial charge < -0.3 is 19.9 Å². The van der Waals surface area contributed by atoms with Gasteiger partial charge in [0.2, 0.25) is 0 Å². The molecule has 0 bridgehead atoms. The molecule has 2 N–H and O–H groups in total. The molecule has 140 valence electrons. The molecule has 7 heteroatoms. The predicted octanol–water partition coefficient (Wildman–Crippen LogP) is 2.37. The number of amides is 1. The molecule has 0 aliphatic carbocycles. The highest BCUT2D eigenvalue weighted by molar-refractivity contribution is 6.01. The van der Waals surface area contributed by atoms with E-state index in [1.165, 1.54) is 0 Å². The third-order valence-electron chi connectivity index (χ3n) is 4.29. The summed E-state index contributed by atoms with van der Waals surface area (Å²) < 4.78 is 10.2. The Balaban J connectivity index is 2.08. The van der Waals surface area contributed by atoms with Gasteiger partial charge in [0, 0.05) is 11.3 Å². The summed E-state index contributed by atoms with van der Waals surface area (Å²) in [6.07, 6.45) is -1.38. The topological polar surface area (TPSA) is 97.8 Å². The van der Waals surface area contributed by atoms with Crippen molar-refractivity contribution < 1.29 is 24.2 Å². The number of ether oxygens (including phenoxy) is 2. The average molecular weight is 368 g/mol.